The third-order valence-corrected chi connectivity index (χ3v) is 13.7. The van der Waals surface area contributed by atoms with Crippen LogP contribution in [0, 0.1) is 0 Å². The van der Waals surface area contributed by atoms with E-state index in [1.54, 1.807) is 0 Å². The van der Waals surface area contributed by atoms with Gasteiger partial charge in [-0.25, -0.2) is 50.5 Å². The average Bonchev–Trinajstić information content (AvgIpc) is 0.924. The Labute approximate surface area is 591 Å². The number of alkyl halides is 18. The van der Waals surface area contributed by atoms with E-state index in [1.165, 1.54) is 0 Å². The van der Waals surface area contributed by atoms with Crippen LogP contribution < -0.4 is 3.61 Å². The van der Waals surface area contributed by atoms with Gasteiger partial charge in [0.1, 0.15) is 139 Å². The predicted octanol–water partition coefficient (Wildman–Crippen LogP) is 10.1. The maximum absolute atomic E-state index is 10.7. The van der Waals surface area contributed by atoms with Crippen LogP contribution in [0.5, 0.6) is 0 Å². The van der Waals surface area contributed by atoms with Gasteiger partial charge in [-0.2, -0.15) is 79.0 Å². The van der Waals surface area contributed by atoms with Crippen molar-refractivity contribution in [2.45, 2.75) is 178 Å². The molecular weight excluding hydrogens is 1650 g/mol. The fraction of sp³-hybridized carbons (Fsp3) is 1.00. The van der Waals surface area contributed by atoms with Crippen LogP contribution in [-0.2, 0) is 117 Å². The Hall–Kier alpha value is -1.78. The molecule has 101 heavy (non-hydrogen) atoms. The molecule has 0 heterocycles. The second-order valence-electron chi connectivity index (χ2n) is 16.0. The van der Waals surface area contributed by atoms with Crippen molar-refractivity contribution in [1.82, 2.24) is 0 Å². The summed E-state index contributed by atoms with van der Waals surface area (Å²) in [7, 11) is -36.5. The first kappa shape index (κ1) is 132. The van der Waals surface area contributed by atoms with Crippen LogP contribution in [0.2, 0.25) is 0 Å². The summed E-state index contributed by atoms with van der Waals surface area (Å²) in [6, 6.07) is 0. The summed E-state index contributed by atoms with van der Waals surface area (Å²) in [6.07, 6.45) is 0. The normalized spacial score (nSPS) is 11.9. The molecule has 0 saturated heterocycles. The molecule has 0 amide bonds. The molecule has 0 aliphatic heterocycles. The van der Waals surface area contributed by atoms with Crippen molar-refractivity contribution < 1.29 is 216 Å². The van der Waals surface area contributed by atoms with Gasteiger partial charge in [-0.1, -0.05) is 0 Å². The molecule has 0 aromatic carbocycles. The molecule has 28 nitrogen and oxygen atoms in total. The zero-order chi connectivity index (χ0) is 85.5. The number of halogens is 18. The Morgan fingerprint density at radius 1 is 0.198 bits per heavy atom. The summed E-state index contributed by atoms with van der Waals surface area (Å²) in [5, 5.41) is 0. The van der Waals surface area contributed by atoms with Gasteiger partial charge in [0, 0.05) is 145 Å². The molecule has 0 rings (SSSR count). The van der Waals surface area contributed by atoms with Crippen LogP contribution in [0.4, 0.5) is 79.0 Å². The third kappa shape index (κ3) is 102. The molecule has 0 aromatic heterocycles. The first-order chi connectivity index (χ1) is 44.7. The Morgan fingerprint density at radius 2 is 0.228 bits per heavy atom. The molecule has 0 atom stereocenters. The van der Waals surface area contributed by atoms with Crippen molar-refractivity contribution in [3.8, 4) is 0 Å². The van der Waals surface area contributed by atoms with E-state index in [2.05, 4.69) is 176 Å². The Balaban J connectivity index is -0.0000000674. The van der Waals surface area contributed by atoms with E-state index in [4.69, 9.17) is 87.9 Å². The number of rotatable bonds is 21. The van der Waals surface area contributed by atoms with Gasteiger partial charge in [0.25, 0.3) is 0 Å². The summed E-state index contributed by atoms with van der Waals surface area (Å²) < 4.78 is 401. The minimum atomic E-state index is -6.09. The first-order valence-electron chi connectivity index (χ1n) is 29.1. The van der Waals surface area contributed by atoms with E-state index in [-0.39, 0.29) is 0 Å². The van der Waals surface area contributed by atoms with Gasteiger partial charge in [-0.15, -0.1) is 0 Å². The number of hydrogen-bond donors (Lipinski definition) is 0. The minimum absolute atomic E-state index is 1.10. The predicted molar refractivity (Wildman–Crippen MR) is 325 cm³/mol. The van der Waals surface area contributed by atoms with E-state index < -0.39 is 113 Å². The van der Waals surface area contributed by atoms with Crippen LogP contribution in [-0.4, -0.2) is 250 Å². The van der Waals surface area contributed by atoms with E-state index in [0.717, 1.165) is 139 Å². The van der Waals surface area contributed by atoms with Crippen molar-refractivity contribution in [1.29, 1.82) is 0 Å². The summed E-state index contributed by atoms with van der Waals surface area (Å²) in [4.78, 5) is 0. The molecule has 0 radical (unpaired) electrons. The second kappa shape index (κ2) is 69.9. The van der Waals surface area contributed by atoms with E-state index in [0.29, 0.717) is 0 Å². The molecule has 0 N–H and O–H groups in total. The van der Waals surface area contributed by atoms with Gasteiger partial charge in [0.05, 0.1) is 0 Å². The van der Waals surface area contributed by atoms with Gasteiger partial charge in [0.2, 0.25) is 0 Å². The molecule has 0 spiro atoms. The zero-order valence-electron chi connectivity index (χ0n) is 60.0. The maximum atomic E-state index is 10.7. The van der Waals surface area contributed by atoms with Crippen molar-refractivity contribution in [3.05, 3.63) is 0 Å². The number of hydrogen-bond acceptors (Lipinski definition) is 21. The molecule has 0 aromatic rings. The van der Waals surface area contributed by atoms with Gasteiger partial charge in [-0.05, 0) is 0 Å². The van der Waals surface area contributed by atoms with Crippen LogP contribution in [0.3, 0.4) is 0 Å². The molecule has 0 bridgehead atoms. The van der Waals surface area contributed by atoms with Gasteiger partial charge >= 0.3 is 62.0 Å². The van der Waals surface area contributed by atoms with Gasteiger partial charge in [-0.3, -0.25) is 0 Å². The fourth-order valence-corrected chi connectivity index (χ4v) is 4.29. The molecule has 53 heteroatoms. The Bertz CT molecular complexity index is 2100. The van der Waals surface area contributed by atoms with Crippen molar-refractivity contribution in [3.63, 3.8) is 0 Å². The van der Waals surface area contributed by atoms with E-state index in [1.807, 2.05) is 0 Å². The molecule has 0 fully saturated rings. The first-order valence-corrected chi connectivity index (χ1v) is 40.2. The van der Waals surface area contributed by atoms with Crippen molar-refractivity contribution in [2.24, 2.45) is 0 Å². The van der Waals surface area contributed by atoms with Crippen LogP contribution in [0.15, 0.2) is 0 Å². The molecule has 0 aliphatic rings. The van der Waals surface area contributed by atoms with Crippen LogP contribution >= 0.6 is 0 Å². The Morgan fingerprint density at radius 3 is 0.228 bits per heavy atom. The van der Waals surface area contributed by atoms with E-state index in [9.17, 15) is 79.0 Å². The third-order valence-electron chi connectivity index (χ3n) is 10.3. The van der Waals surface area contributed by atoms with Gasteiger partial charge < -0.3 is 57.9 Å². The standard InChI is InChI=1S/7C6H15O.6CHF3O3S.Nb.3O/c7*1-4-7(5-2)6-3;6*2-1(3,4)8(5,6)7;;;;/h7*4-6H2,1-3H3;6*(H,5,6,7);;;;/q7*+1;;;;;;;;;;-1/p-6. The molecule has 632 valence electrons. The average molecular weight is 1760 g/mol. The summed E-state index contributed by atoms with van der Waals surface area (Å²) >= 11 is -4.20. The monoisotopic (exact) mass is 1760 g/mol. The zero-order valence-corrected chi connectivity index (χ0v) is 67.1. The SMILES string of the molecule is CC[O+](CC)CC.CC[O+](CC)CC.CC[O+](CC)CC.CC[O+](CC)CC.CC[O+](CC)CC.CC[O+](CC)CC.CC[O+](CC)CC.O=S(=O)([O-])C(F)(F)F.O=S(=O)([O-])C(F)(F)F.O=S(=O)([O-])C(F)(F)F.O=S(=O)([O-])C(F)(F)F.O=S(=O)([O-])C(F)(F)F.O=S(=O)([O-])C(F)(F)F.[O]=[Nb](=[O])[O-]. The second-order valence-corrected chi connectivity index (χ2v) is 25.3. The van der Waals surface area contributed by atoms with Crippen LogP contribution in [0.1, 0.15) is 145 Å². The van der Waals surface area contributed by atoms with Crippen molar-refractivity contribution >= 4 is 60.7 Å². The fourth-order valence-electron chi connectivity index (χ4n) is 4.29. The molecule has 0 unspecified atom stereocenters. The van der Waals surface area contributed by atoms with Crippen molar-refractivity contribution in [2.75, 3.05) is 139 Å². The van der Waals surface area contributed by atoms with Gasteiger partial charge in [0.15, 0.2) is 60.7 Å². The quantitative estimate of drug-likeness (QED) is 0.0339. The summed E-state index contributed by atoms with van der Waals surface area (Å²) in [5.74, 6) is 0. The molecule has 0 saturated carbocycles. The Kier molecular flexibility index (Phi) is 91.3. The van der Waals surface area contributed by atoms with E-state index >= 15 is 0 Å². The topological polar surface area (TPSA) is 419 Å². The summed E-state index contributed by atoms with van der Waals surface area (Å²) in [6.45, 7) is 68.3. The molecular formula is C48H105F18NbO28S6. The summed E-state index contributed by atoms with van der Waals surface area (Å²) in [5.41, 5.74) is -33.9. The van der Waals surface area contributed by atoms with Crippen LogP contribution in [0.25, 0.3) is 0 Å². The molecule has 0 aliphatic carbocycles.